The molecule has 8 nitrogen and oxygen atoms in total. The minimum Gasteiger partial charge on any atom is -0.462 e. The number of rotatable bonds is 34. The highest BCUT2D eigenvalue weighted by atomic mass is 31.2. The zero-order valence-electron chi connectivity index (χ0n) is 30.4. The third-order valence-electron chi connectivity index (χ3n) is 7.82. The maximum absolute atomic E-state index is 12.4. The normalized spacial score (nSPS) is 13.0. The van der Waals surface area contributed by atoms with E-state index in [1.165, 1.54) is 57.8 Å². The average Bonchev–Trinajstić information content (AvgIpc) is 3.05. The summed E-state index contributed by atoms with van der Waals surface area (Å²) >= 11 is 0. The molecule has 278 valence electrons. The van der Waals surface area contributed by atoms with Crippen LogP contribution in [0.4, 0.5) is 0 Å². The summed E-state index contributed by atoms with van der Waals surface area (Å²) in [5.74, 6) is -0.923. The molecular formula is C39H69O8P. The highest BCUT2D eigenvalue weighted by molar-refractivity contribution is 7.46. The van der Waals surface area contributed by atoms with Crippen molar-refractivity contribution in [2.75, 3.05) is 13.2 Å². The molecule has 0 saturated carbocycles. The van der Waals surface area contributed by atoms with Gasteiger partial charge in [-0.05, 0) is 77.0 Å². The van der Waals surface area contributed by atoms with E-state index in [2.05, 4.69) is 67.0 Å². The molecule has 9 heteroatoms. The van der Waals surface area contributed by atoms with E-state index >= 15 is 0 Å². The predicted molar refractivity (Wildman–Crippen MR) is 198 cm³/mol. The van der Waals surface area contributed by atoms with Crippen LogP contribution in [-0.2, 0) is 28.2 Å². The van der Waals surface area contributed by atoms with Crippen LogP contribution in [0.1, 0.15) is 168 Å². The third-order valence-corrected chi connectivity index (χ3v) is 8.31. The summed E-state index contributed by atoms with van der Waals surface area (Å²) in [5, 5.41) is 0. The molecule has 0 fully saturated rings. The molecule has 0 aliphatic rings. The number of phosphoric ester groups is 1. The zero-order valence-corrected chi connectivity index (χ0v) is 31.3. The summed E-state index contributed by atoms with van der Waals surface area (Å²) in [5.41, 5.74) is 0. The van der Waals surface area contributed by atoms with Crippen molar-refractivity contribution in [3.63, 3.8) is 0 Å². The molecule has 0 heterocycles. The number of carbonyl (C=O) groups excluding carboxylic acids is 2. The predicted octanol–water partition coefficient (Wildman–Crippen LogP) is 11.2. The van der Waals surface area contributed by atoms with Crippen molar-refractivity contribution < 1.29 is 37.9 Å². The van der Waals surface area contributed by atoms with Crippen LogP contribution in [0.3, 0.4) is 0 Å². The standard InChI is InChI=1S/C39H69O8P/c1-3-5-7-9-11-13-15-17-18-19-20-22-24-26-28-30-32-34-39(41)47-37(36-46-48(42,43)44)35-45-38(40)33-31-29-27-25-23-21-16-14-12-10-8-6-4-2/h11,13-14,16-18,20,22,37H,3-10,12,15,19,21,23-36H2,1-2H3,(H2,42,43,44)/b13-11+,16-14+,18-17+,22-20+/t37-/m1/s1. The van der Waals surface area contributed by atoms with E-state index in [4.69, 9.17) is 19.3 Å². The molecule has 0 radical (unpaired) electrons. The van der Waals surface area contributed by atoms with Crippen molar-refractivity contribution in [1.29, 1.82) is 0 Å². The number of ether oxygens (including phenoxy) is 2. The maximum atomic E-state index is 12.4. The minimum absolute atomic E-state index is 0.183. The monoisotopic (exact) mass is 696 g/mol. The summed E-state index contributed by atoms with van der Waals surface area (Å²) in [6.45, 7) is 3.60. The second-order valence-electron chi connectivity index (χ2n) is 12.5. The smallest absolute Gasteiger partial charge is 0.462 e. The molecule has 0 aromatic rings. The van der Waals surface area contributed by atoms with Crippen LogP contribution in [0.5, 0.6) is 0 Å². The van der Waals surface area contributed by atoms with E-state index in [-0.39, 0.29) is 19.4 Å². The minimum atomic E-state index is -4.76. The number of hydrogen-bond acceptors (Lipinski definition) is 6. The number of hydrogen-bond donors (Lipinski definition) is 2. The fourth-order valence-corrected chi connectivity index (χ4v) is 5.32. The number of allylic oxidation sites excluding steroid dienone is 8. The molecular weight excluding hydrogens is 627 g/mol. The zero-order chi connectivity index (χ0) is 35.4. The van der Waals surface area contributed by atoms with Crippen molar-refractivity contribution in [3.05, 3.63) is 48.6 Å². The quantitative estimate of drug-likeness (QED) is 0.0295. The topological polar surface area (TPSA) is 119 Å². The van der Waals surface area contributed by atoms with Gasteiger partial charge >= 0.3 is 19.8 Å². The molecule has 0 aliphatic heterocycles. The van der Waals surface area contributed by atoms with Crippen molar-refractivity contribution in [3.8, 4) is 0 Å². The summed E-state index contributed by atoms with van der Waals surface area (Å²) in [6.07, 6.45) is 41.1. The second-order valence-corrected chi connectivity index (χ2v) is 13.8. The van der Waals surface area contributed by atoms with Gasteiger partial charge in [-0.3, -0.25) is 14.1 Å². The van der Waals surface area contributed by atoms with Crippen LogP contribution >= 0.6 is 7.82 Å². The van der Waals surface area contributed by atoms with Gasteiger partial charge in [-0.15, -0.1) is 0 Å². The molecule has 0 aromatic heterocycles. The summed E-state index contributed by atoms with van der Waals surface area (Å²) < 4.78 is 26.3. The second kappa shape index (κ2) is 34.9. The van der Waals surface area contributed by atoms with Crippen LogP contribution in [0.2, 0.25) is 0 Å². The molecule has 0 aromatic carbocycles. The van der Waals surface area contributed by atoms with Gasteiger partial charge in [0.05, 0.1) is 6.61 Å². The highest BCUT2D eigenvalue weighted by Crippen LogP contribution is 2.36. The Labute approximate surface area is 293 Å². The van der Waals surface area contributed by atoms with Gasteiger partial charge in [0.2, 0.25) is 0 Å². The van der Waals surface area contributed by atoms with Gasteiger partial charge in [0.25, 0.3) is 0 Å². The maximum Gasteiger partial charge on any atom is 0.469 e. The lowest BCUT2D eigenvalue weighted by molar-refractivity contribution is -0.161. The molecule has 0 bridgehead atoms. The van der Waals surface area contributed by atoms with Gasteiger partial charge in [0, 0.05) is 12.8 Å². The molecule has 2 N–H and O–H groups in total. The van der Waals surface area contributed by atoms with Crippen molar-refractivity contribution in [2.45, 2.75) is 174 Å². The molecule has 0 aliphatic carbocycles. The fourth-order valence-electron chi connectivity index (χ4n) is 4.96. The van der Waals surface area contributed by atoms with Gasteiger partial charge in [-0.25, -0.2) is 4.57 Å². The Kier molecular flexibility index (Phi) is 33.4. The Morgan fingerprint density at radius 3 is 1.46 bits per heavy atom. The van der Waals surface area contributed by atoms with Crippen LogP contribution < -0.4 is 0 Å². The van der Waals surface area contributed by atoms with Gasteiger partial charge in [0.15, 0.2) is 6.10 Å². The molecule has 0 amide bonds. The Morgan fingerprint density at radius 2 is 0.938 bits per heavy atom. The van der Waals surface area contributed by atoms with E-state index in [1.54, 1.807) is 0 Å². The number of phosphoric acid groups is 1. The van der Waals surface area contributed by atoms with E-state index in [0.29, 0.717) is 12.8 Å². The first-order chi connectivity index (χ1) is 23.3. The Hall–Kier alpha value is -1.99. The lowest BCUT2D eigenvalue weighted by atomic mass is 10.1. The first kappa shape index (κ1) is 46.0. The van der Waals surface area contributed by atoms with E-state index < -0.39 is 32.5 Å². The number of carbonyl (C=O) groups is 2. The number of unbranched alkanes of at least 4 members (excludes halogenated alkanes) is 16. The summed E-state index contributed by atoms with van der Waals surface area (Å²) in [6, 6.07) is 0. The van der Waals surface area contributed by atoms with Crippen LogP contribution in [0.15, 0.2) is 48.6 Å². The molecule has 0 unspecified atom stereocenters. The first-order valence-corrected chi connectivity index (χ1v) is 20.5. The van der Waals surface area contributed by atoms with Crippen molar-refractivity contribution >= 4 is 19.8 Å². The highest BCUT2D eigenvalue weighted by Gasteiger charge is 2.22. The van der Waals surface area contributed by atoms with E-state index in [0.717, 1.165) is 70.6 Å². The van der Waals surface area contributed by atoms with Crippen LogP contribution in [0, 0.1) is 0 Å². The summed E-state index contributed by atoms with van der Waals surface area (Å²) in [4.78, 5) is 42.7. The van der Waals surface area contributed by atoms with Crippen LogP contribution in [-0.4, -0.2) is 41.0 Å². The SMILES string of the molecule is CCCCC/C=C/C/C=C/C/C=C/CCCCCCC(=O)O[C@H](COC(=O)CCCCCCC/C=C/CCCCCC)COP(=O)(O)O. The van der Waals surface area contributed by atoms with Gasteiger partial charge < -0.3 is 19.3 Å². The molecule has 0 spiro atoms. The lowest BCUT2D eigenvalue weighted by Crippen LogP contribution is -2.29. The molecule has 1 atom stereocenters. The average molecular weight is 697 g/mol. The van der Waals surface area contributed by atoms with E-state index in [1.807, 2.05) is 0 Å². The van der Waals surface area contributed by atoms with Gasteiger partial charge in [0.1, 0.15) is 6.61 Å². The largest absolute Gasteiger partial charge is 0.469 e. The molecule has 0 saturated heterocycles. The van der Waals surface area contributed by atoms with Gasteiger partial charge in [-0.1, -0.05) is 127 Å². The van der Waals surface area contributed by atoms with Gasteiger partial charge in [-0.2, -0.15) is 0 Å². The third kappa shape index (κ3) is 36.8. The summed E-state index contributed by atoms with van der Waals surface area (Å²) in [7, 11) is -4.76. The van der Waals surface area contributed by atoms with Crippen LogP contribution in [0.25, 0.3) is 0 Å². The molecule has 48 heavy (non-hydrogen) atoms. The van der Waals surface area contributed by atoms with Crippen molar-refractivity contribution in [2.24, 2.45) is 0 Å². The Bertz CT molecular complexity index is 921. The Balaban J connectivity index is 4.04. The Morgan fingerprint density at radius 1 is 0.542 bits per heavy atom. The van der Waals surface area contributed by atoms with Crippen molar-refractivity contribution in [1.82, 2.24) is 0 Å². The first-order valence-electron chi connectivity index (χ1n) is 18.9. The molecule has 0 rings (SSSR count). The fraction of sp³-hybridized carbons (Fsp3) is 0.744. The van der Waals surface area contributed by atoms with E-state index in [9.17, 15) is 14.2 Å². The number of esters is 2. The lowest BCUT2D eigenvalue weighted by Gasteiger charge is -2.18.